The van der Waals surface area contributed by atoms with Crippen molar-refractivity contribution in [2.45, 2.75) is 26.3 Å². The number of carbonyl (C=O) groups is 1. The summed E-state index contributed by atoms with van der Waals surface area (Å²) < 4.78 is 2.31. The summed E-state index contributed by atoms with van der Waals surface area (Å²) in [7, 11) is 0. The molecule has 0 amide bonds. The molecule has 0 unspecified atom stereocenters. The van der Waals surface area contributed by atoms with Crippen molar-refractivity contribution in [3.05, 3.63) is 36.5 Å². The Hall–Kier alpha value is -1.97. The molecular formula is C13H17NO3. The van der Waals surface area contributed by atoms with Crippen molar-refractivity contribution in [3.8, 4) is 0 Å². The average molecular weight is 235 g/mol. The molecule has 0 aliphatic rings. The molecule has 0 aliphatic carbocycles. The number of rotatable bonds is 0. The minimum atomic E-state index is -1.83. The predicted molar refractivity (Wildman–Crippen MR) is 67.6 cm³/mol. The van der Waals surface area contributed by atoms with Crippen LogP contribution < -0.4 is 0 Å². The van der Waals surface area contributed by atoms with Gasteiger partial charge in [-0.1, -0.05) is 18.2 Å². The van der Waals surface area contributed by atoms with Gasteiger partial charge in [0.05, 0.1) is 0 Å². The summed E-state index contributed by atoms with van der Waals surface area (Å²) in [5.41, 5.74) is 1.48. The van der Waals surface area contributed by atoms with Gasteiger partial charge in [0.2, 0.25) is 0 Å². The van der Waals surface area contributed by atoms with E-state index in [1.54, 1.807) is 0 Å². The smallest absolute Gasteiger partial charge is 0.450 e. The van der Waals surface area contributed by atoms with E-state index in [2.05, 4.69) is 61.9 Å². The monoisotopic (exact) mass is 235 g/mol. The Morgan fingerprint density at radius 3 is 2.18 bits per heavy atom. The van der Waals surface area contributed by atoms with Crippen LogP contribution >= 0.6 is 0 Å². The zero-order chi connectivity index (χ0) is 13.1. The Balaban J connectivity index is 0.000000317. The van der Waals surface area contributed by atoms with Gasteiger partial charge in [0.25, 0.3) is 0 Å². The number of fused-ring (bicyclic) bond motifs is 1. The molecule has 0 bridgehead atoms. The second kappa shape index (κ2) is 4.91. The van der Waals surface area contributed by atoms with E-state index in [-0.39, 0.29) is 5.54 Å². The van der Waals surface area contributed by atoms with Crippen molar-refractivity contribution >= 4 is 17.1 Å². The lowest BCUT2D eigenvalue weighted by molar-refractivity contribution is 0.137. The maximum absolute atomic E-state index is 8.56. The summed E-state index contributed by atoms with van der Waals surface area (Å²) in [5.74, 6) is 0. The lowest BCUT2D eigenvalue weighted by Crippen LogP contribution is -2.20. The van der Waals surface area contributed by atoms with Gasteiger partial charge in [-0.25, -0.2) is 4.79 Å². The number of carboxylic acid groups (broad SMARTS) is 2. The molecule has 0 saturated heterocycles. The van der Waals surface area contributed by atoms with E-state index in [1.165, 1.54) is 10.9 Å². The van der Waals surface area contributed by atoms with Crippen LogP contribution in [0.15, 0.2) is 36.5 Å². The lowest BCUT2D eigenvalue weighted by Gasteiger charge is -2.22. The molecule has 0 radical (unpaired) electrons. The molecule has 2 rings (SSSR count). The molecule has 0 aliphatic heterocycles. The molecule has 0 atom stereocenters. The topological polar surface area (TPSA) is 62.5 Å². The summed E-state index contributed by atoms with van der Waals surface area (Å²) >= 11 is 0. The summed E-state index contributed by atoms with van der Waals surface area (Å²) in [4.78, 5) is 8.56. The third kappa shape index (κ3) is 3.52. The number of benzene rings is 1. The molecule has 92 valence electrons. The maximum atomic E-state index is 8.56. The van der Waals surface area contributed by atoms with Crippen LogP contribution in [0.25, 0.3) is 10.9 Å². The van der Waals surface area contributed by atoms with E-state index in [4.69, 9.17) is 15.0 Å². The van der Waals surface area contributed by atoms with Crippen molar-refractivity contribution in [1.29, 1.82) is 0 Å². The van der Waals surface area contributed by atoms with Crippen molar-refractivity contribution in [1.82, 2.24) is 4.57 Å². The summed E-state index contributed by atoms with van der Waals surface area (Å²) in [6.07, 6.45) is 0.324. The van der Waals surface area contributed by atoms with Crippen LogP contribution in [-0.2, 0) is 5.54 Å². The van der Waals surface area contributed by atoms with Crippen LogP contribution in [-0.4, -0.2) is 20.9 Å². The van der Waals surface area contributed by atoms with Gasteiger partial charge in [-0.3, -0.25) is 0 Å². The first-order chi connectivity index (χ1) is 7.82. The fourth-order valence-corrected chi connectivity index (χ4v) is 1.67. The summed E-state index contributed by atoms with van der Waals surface area (Å²) in [6.45, 7) is 6.66. The van der Waals surface area contributed by atoms with E-state index in [9.17, 15) is 0 Å². The quantitative estimate of drug-likeness (QED) is 0.733. The fourth-order valence-electron chi connectivity index (χ4n) is 1.67. The first-order valence-corrected chi connectivity index (χ1v) is 5.31. The lowest BCUT2D eigenvalue weighted by atomic mass is 10.1. The van der Waals surface area contributed by atoms with Gasteiger partial charge in [-0.05, 0) is 38.3 Å². The normalized spacial score (nSPS) is 10.8. The highest BCUT2D eigenvalue weighted by atomic mass is 16.6. The highest BCUT2D eigenvalue weighted by Gasteiger charge is 2.13. The Labute approximate surface area is 100 Å². The Kier molecular flexibility index (Phi) is 3.78. The van der Waals surface area contributed by atoms with Crippen molar-refractivity contribution in [2.24, 2.45) is 0 Å². The molecule has 0 fully saturated rings. The molecule has 0 spiro atoms. The van der Waals surface area contributed by atoms with E-state index in [0.717, 1.165) is 0 Å². The van der Waals surface area contributed by atoms with Crippen LogP contribution in [0.2, 0.25) is 0 Å². The highest BCUT2D eigenvalue weighted by molar-refractivity contribution is 5.80. The molecule has 1 heterocycles. The first kappa shape index (κ1) is 13.1. The molecule has 1 aromatic carbocycles. The van der Waals surface area contributed by atoms with Gasteiger partial charge in [-0.15, -0.1) is 0 Å². The Morgan fingerprint density at radius 1 is 1.12 bits per heavy atom. The third-order valence-corrected chi connectivity index (χ3v) is 2.32. The van der Waals surface area contributed by atoms with Crippen molar-refractivity contribution in [2.75, 3.05) is 0 Å². The van der Waals surface area contributed by atoms with Crippen molar-refractivity contribution in [3.63, 3.8) is 0 Å². The Bertz CT molecular complexity index is 505. The molecule has 0 saturated carbocycles. The molecule has 17 heavy (non-hydrogen) atoms. The maximum Gasteiger partial charge on any atom is 0.503 e. The van der Waals surface area contributed by atoms with Crippen LogP contribution in [0.5, 0.6) is 0 Å². The van der Waals surface area contributed by atoms with Gasteiger partial charge < -0.3 is 14.8 Å². The van der Waals surface area contributed by atoms with Gasteiger partial charge in [0, 0.05) is 17.3 Å². The van der Waals surface area contributed by atoms with Gasteiger partial charge in [-0.2, -0.15) is 0 Å². The standard InChI is InChI=1S/C12H15N.CH2O3/c1-12(2,3)13-9-8-10-6-4-5-7-11(10)13;2-1(3)4/h4-9H,1-3H3;(H2,2,3,4). The Morgan fingerprint density at radius 2 is 1.65 bits per heavy atom. The van der Waals surface area contributed by atoms with Gasteiger partial charge in [0.1, 0.15) is 0 Å². The largest absolute Gasteiger partial charge is 0.503 e. The van der Waals surface area contributed by atoms with E-state index < -0.39 is 6.16 Å². The number of hydrogen-bond donors (Lipinski definition) is 2. The zero-order valence-electron chi connectivity index (χ0n) is 10.2. The number of aromatic nitrogens is 1. The summed E-state index contributed by atoms with van der Waals surface area (Å²) in [6, 6.07) is 10.7. The van der Waals surface area contributed by atoms with Crippen LogP contribution in [0.4, 0.5) is 4.79 Å². The third-order valence-electron chi connectivity index (χ3n) is 2.32. The van der Waals surface area contributed by atoms with Crippen LogP contribution in [0.3, 0.4) is 0 Å². The minimum Gasteiger partial charge on any atom is -0.450 e. The van der Waals surface area contributed by atoms with E-state index >= 15 is 0 Å². The second-order valence-electron chi connectivity index (χ2n) is 4.70. The molecule has 2 aromatic rings. The predicted octanol–water partition coefficient (Wildman–Crippen LogP) is 3.62. The van der Waals surface area contributed by atoms with Crippen LogP contribution in [0, 0.1) is 0 Å². The SMILES string of the molecule is CC(C)(C)n1ccc2ccccc21.O=C(O)O. The zero-order valence-corrected chi connectivity index (χ0v) is 10.2. The van der Waals surface area contributed by atoms with Gasteiger partial charge in [0.15, 0.2) is 0 Å². The van der Waals surface area contributed by atoms with E-state index in [0.29, 0.717) is 0 Å². The number of para-hydroxylation sites is 1. The average Bonchev–Trinajstić information content (AvgIpc) is 2.58. The molecule has 1 aromatic heterocycles. The van der Waals surface area contributed by atoms with E-state index in [1.807, 2.05) is 0 Å². The molecular weight excluding hydrogens is 218 g/mol. The van der Waals surface area contributed by atoms with Crippen molar-refractivity contribution < 1.29 is 15.0 Å². The summed E-state index contributed by atoms with van der Waals surface area (Å²) in [5, 5.41) is 15.3. The minimum absolute atomic E-state index is 0.170. The van der Waals surface area contributed by atoms with Gasteiger partial charge >= 0.3 is 6.16 Å². The fraction of sp³-hybridized carbons (Fsp3) is 0.308. The molecule has 2 N–H and O–H groups in total. The number of hydrogen-bond acceptors (Lipinski definition) is 1. The number of nitrogens with zero attached hydrogens (tertiary/aromatic N) is 1. The molecule has 4 nitrogen and oxygen atoms in total. The van der Waals surface area contributed by atoms with Crippen LogP contribution in [0.1, 0.15) is 20.8 Å². The first-order valence-electron chi connectivity index (χ1n) is 5.31. The molecule has 4 heteroatoms. The second-order valence-corrected chi connectivity index (χ2v) is 4.70. The highest BCUT2D eigenvalue weighted by Crippen LogP contribution is 2.23.